The van der Waals surface area contributed by atoms with E-state index in [1.54, 1.807) is 24.3 Å². The van der Waals surface area contributed by atoms with Gasteiger partial charge in [-0.2, -0.15) is 0 Å². The molecule has 0 bridgehead atoms. The van der Waals surface area contributed by atoms with Crippen molar-refractivity contribution in [3.05, 3.63) is 59.7 Å². The molecule has 0 aromatic heterocycles. The predicted molar refractivity (Wildman–Crippen MR) is 126 cm³/mol. The number of amides is 2. The monoisotopic (exact) mass is 496 g/mol. The summed E-state index contributed by atoms with van der Waals surface area (Å²) in [6, 6.07) is 12.6. The fourth-order valence-electron chi connectivity index (χ4n) is 3.29. The van der Waals surface area contributed by atoms with Crippen molar-refractivity contribution in [1.29, 1.82) is 5.41 Å². The number of rotatable bonds is 7. The molecule has 2 aromatic carbocycles. The van der Waals surface area contributed by atoms with Gasteiger partial charge in [0.25, 0.3) is 11.8 Å². The van der Waals surface area contributed by atoms with Crippen molar-refractivity contribution in [3.8, 4) is 0 Å². The van der Waals surface area contributed by atoms with Crippen LogP contribution in [-0.2, 0) is 29.9 Å². The average molecular weight is 497 g/mol. The molecule has 0 spiro atoms. The number of nitrogens with one attached hydrogen (secondary N) is 2. The van der Waals surface area contributed by atoms with Crippen LogP contribution in [0.5, 0.6) is 0 Å². The van der Waals surface area contributed by atoms with Crippen LogP contribution < -0.4 is 16.0 Å². The van der Waals surface area contributed by atoms with Gasteiger partial charge in [0.1, 0.15) is 5.84 Å². The maximum atomic E-state index is 12.9. The lowest BCUT2D eigenvalue weighted by Crippen LogP contribution is -2.55. The lowest BCUT2D eigenvalue weighted by molar-refractivity contribution is -0.150. The Bertz CT molecular complexity index is 1140. The summed E-state index contributed by atoms with van der Waals surface area (Å²) in [6.07, 6.45) is -2.06. The van der Waals surface area contributed by atoms with Gasteiger partial charge in [0.2, 0.25) is 0 Å². The molecule has 2 aromatic rings. The molecule has 0 aliphatic carbocycles. The number of carbonyl (C=O) groups is 2. The van der Waals surface area contributed by atoms with Crippen molar-refractivity contribution in [3.63, 3.8) is 0 Å². The standard InChI is InChI=1S/C21H24N4O6S.ClH/c1-32(29,30)12-13-3-2-4-16(11-13)25-9-10-31-18(21(25)28)17(26)20(27)24-15-7-5-14(6-8-15)19(22)23;/h2-8,11,17-18,26H,9-10,12H2,1H3,(H3,22,23)(H,24,27);1H/t17?,18-;/m1./s1. The highest BCUT2D eigenvalue weighted by molar-refractivity contribution is 7.89. The Hall–Kier alpha value is -2.99. The smallest absolute Gasteiger partial charge is 0.259 e. The summed E-state index contributed by atoms with van der Waals surface area (Å²) >= 11 is 0. The van der Waals surface area contributed by atoms with Crippen molar-refractivity contribution in [2.45, 2.75) is 18.0 Å². The highest BCUT2D eigenvalue weighted by Crippen LogP contribution is 2.23. The Labute approximate surface area is 197 Å². The van der Waals surface area contributed by atoms with Crippen LogP contribution in [-0.4, -0.2) is 62.8 Å². The van der Waals surface area contributed by atoms with E-state index in [0.717, 1.165) is 6.26 Å². The van der Waals surface area contributed by atoms with Gasteiger partial charge in [-0.1, -0.05) is 12.1 Å². The fourth-order valence-corrected chi connectivity index (χ4v) is 4.08. The van der Waals surface area contributed by atoms with E-state index in [1.807, 2.05) is 0 Å². The van der Waals surface area contributed by atoms with E-state index < -0.39 is 33.9 Å². The fraction of sp³-hybridized carbons (Fsp3) is 0.286. The zero-order valence-corrected chi connectivity index (χ0v) is 19.4. The molecule has 1 unspecified atom stereocenters. The molecule has 12 heteroatoms. The van der Waals surface area contributed by atoms with Gasteiger partial charge in [-0.05, 0) is 42.0 Å². The molecule has 1 fully saturated rings. The van der Waals surface area contributed by atoms with Gasteiger partial charge in [-0.3, -0.25) is 15.0 Å². The minimum absolute atomic E-state index is 0. The van der Waals surface area contributed by atoms with Crippen molar-refractivity contribution >= 4 is 51.3 Å². The van der Waals surface area contributed by atoms with E-state index in [0.29, 0.717) is 22.5 Å². The Balaban J connectivity index is 0.00000385. The average Bonchev–Trinajstić information content (AvgIpc) is 2.72. The van der Waals surface area contributed by atoms with Crippen molar-refractivity contribution < 1.29 is 27.9 Å². The maximum Gasteiger partial charge on any atom is 0.259 e. The van der Waals surface area contributed by atoms with Gasteiger partial charge in [0, 0.05) is 29.7 Å². The first-order valence-electron chi connectivity index (χ1n) is 9.68. The lowest BCUT2D eigenvalue weighted by atomic mass is 10.1. The van der Waals surface area contributed by atoms with Crippen LogP contribution in [0.1, 0.15) is 11.1 Å². The number of halogens is 1. The second kappa shape index (κ2) is 10.8. The number of nitrogens with zero attached hydrogens (tertiary/aromatic N) is 1. The summed E-state index contributed by atoms with van der Waals surface area (Å²) < 4.78 is 28.5. The van der Waals surface area contributed by atoms with Gasteiger partial charge in [0.05, 0.1) is 12.4 Å². The summed E-state index contributed by atoms with van der Waals surface area (Å²) in [5, 5.41) is 20.3. The molecule has 1 saturated heterocycles. The Morgan fingerprint density at radius 2 is 1.97 bits per heavy atom. The second-order valence-electron chi connectivity index (χ2n) is 7.45. The van der Waals surface area contributed by atoms with Crippen LogP contribution in [0.15, 0.2) is 48.5 Å². The predicted octanol–water partition coefficient (Wildman–Crippen LogP) is 0.668. The van der Waals surface area contributed by atoms with E-state index in [2.05, 4.69) is 5.32 Å². The van der Waals surface area contributed by atoms with Gasteiger partial charge in [-0.25, -0.2) is 8.42 Å². The summed E-state index contributed by atoms with van der Waals surface area (Å²) in [7, 11) is -3.25. The topological polar surface area (TPSA) is 163 Å². The molecule has 5 N–H and O–H groups in total. The number of sulfone groups is 1. The minimum Gasteiger partial charge on any atom is -0.384 e. The van der Waals surface area contributed by atoms with Crippen molar-refractivity contribution in [2.24, 2.45) is 5.73 Å². The van der Waals surface area contributed by atoms with Crippen molar-refractivity contribution in [2.75, 3.05) is 29.6 Å². The van der Waals surface area contributed by atoms with E-state index in [-0.39, 0.29) is 37.1 Å². The highest BCUT2D eigenvalue weighted by atomic mass is 35.5. The first-order valence-corrected chi connectivity index (χ1v) is 11.7. The number of nitrogens with two attached hydrogens (primary N) is 1. The maximum absolute atomic E-state index is 12.9. The zero-order valence-electron chi connectivity index (χ0n) is 17.7. The van der Waals surface area contributed by atoms with Crippen LogP contribution >= 0.6 is 12.4 Å². The summed E-state index contributed by atoms with van der Waals surface area (Å²) in [5.74, 6) is -1.73. The number of hydrogen-bond donors (Lipinski definition) is 4. The van der Waals surface area contributed by atoms with E-state index in [1.165, 1.54) is 29.2 Å². The number of carbonyl (C=O) groups excluding carboxylic acids is 2. The van der Waals surface area contributed by atoms with Gasteiger partial charge >= 0.3 is 0 Å². The lowest BCUT2D eigenvalue weighted by Gasteiger charge is -2.34. The first kappa shape index (κ1) is 26.3. The molecular formula is C21H25ClN4O6S. The number of hydrogen-bond acceptors (Lipinski definition) is 7. The van der Waals surface area contributed by atoms with Gasteiger partial charge in [0.15, 0.2) is 22.0 Å². The molecule has 0 radical (unpaired) electrons. The minimum atomic E-state index is -3.25. The van der Waals surface area contributed by atoms with Crippen LogP contribution in [0.3, 0.4) is 0 Å². The molecular weight excluding hydrogens is 472 g/mol. The molecule has 10 nitrogen and oxygen atoms in total. The molecule has 0 saturated carbocycles. The van der Waals surface area contributed by atoms with Gasteiger partial charge < -0.3 is 25.8 Å². The van der Waals surface area contributed by atoms with E-state index in [9.17, 15) is 23.1 Å². The Morgan fingerprint density at radius 1 is 1.30 bits per heavy atom. The number of amidine groups is 1. The largest absolute Gasteiger partial charge is 0.384 e. The SMILES string of the molecule is CS(=O)(=O)Cc1cccc(N2CCO[C@H](C(O)C(=O)Nc3ccc(C(=N)N)cc3)C2=O)c1.Cl. The summed E-state index contributed by atoms with van der Waals surface area (Å²) in [5.41, 5.74) is 7.20. The van der Waals surface area contributed by atoms with Crippen LogP contribution in [0.2, 0.25) is 0 Å². The summed E-state index contributed by atoms with van der Waals surface area (Å²) in [4.78, 5) is 26.8. The third-order valence-corrected chi connectivity index (χ3v) is 5.65. The first-order chi connectivity index (χ1) is 15.0. The Kier molecular flexibility index (Phi) is 8.56. The van der Waals surface area contributed by atoms with Crippen LogP contribution in [0, 0.1) is 5.41 Å². The number of anilines is 2. The molecule has 2 amide bonds. The van der Waals surface area contributed by atoms with E-state index >= 15 is 0 Å². The van der Waals surface area contributed by atoms with E-state index in [4.69, 9.17) is 15.9 Å². The number of ether oxygens (including phenoxy) is 1. The molecule has 2 atom stereocenters. The zero-order chi connectivity index (χ0) is 23.5. The molecule has 3 rings (SSSR count). The summed E-state index contributed by atoms with van der Waals surface area (Å²) in [6.45, 7) is 0.281. The number of aliphatic hydroxyl groups is 1. The van der Waals surface area contributed by atoms with Crippen LogP contribution in [0.4, 0.5) is 11.4 Å². The molecule has 33 heavy (non-hydrogen) atoms. The number of morpholine rings is 1. The highest BCUT2D eigenvalue weighted by Gasteiger charge is 2.39. The van der Waals surface area contributed by atoms with Crippen molar-refractivity contribution in [1.82, 2.24) is 0 Å². The molecule has 178 valence electrons. The molecule has 1 heterocycles. The normalized spacial score (nSPS) is 17.1. The molecule has 1 aliphatic rings. The quantitative estimate of drug-likeness (QED) is 0.323. The number of benzene rings is 2. The number of aliphatic hydroxyl groups excluding tert-OH is 1. The second-order valence-corrected chi connectivity index (χ2v) is 9.59. The number of nitrogen functional groups attached to an aromatic ring is 1. The third-order valence-electron chi connectivity index (χ3n) is 4.79. The van der Waals surface area contributed by atoms with Gasteiger partial charge in [-0.15, -0.1) is 12.4 Å². The molecule has 1 aliphatic heterocycles. The van der Waals surface area contributed by atoms with Crippen LogP contribution in [0.25, 0.3) is 0 Å². The Morgan fingerprint density at radius 3 is 2.58 bits per heavy atom. The third kappa shape index (κ3) is 6.75.